The van der Waals surface area contributed by atoms with E-state index < -0.39 is 0 Å². The van der Waals surface area contributed by atoms with Gasteiger partial charge in [-0.1, -0.05) is 30.3 Å². The molecule has 154 valence electrons. The Morgan fingerprint density at radius 2 is 1.87 bits per heavy atom. The molecule has 0 fully saturated rings. The van der Waals surface area contributed by atoms with E-state index in [4.69, 9.17) is 14.9 Å². The molecule has 0 bridgehead atoms. The van der Waals surface area contributed by atoms with E-state index in [9.17, 15) is 5.11 Å². The van der Waals surface area contributed by atoms with Gasteiger partial charge in [0.1, 0.15) is 16.6 Å². The lowest BCUT2D eigenvalue weighted by atomic mass is 10.1. The summed E-state index contributed by atoms with van der Waals surface area (Å²) in [5.41, 5.74) is 3.38. The molecule has 2 N–H and O–H groups in total. The number of hydrogen-bond acceptors (Lipinski definition) is 6. The molecule has 1 aliphatic heterocycles. The molecule has 7 heteroatoms. The van der Waals surface area contributed by atoms with Crippen LogP contribution in [0, 0.1) is 5.41 Å². The fraction of sp³-hybridized carbons (Fsp3) is 0.217. The Balaban J connectivity index is 1.51. The number of nitrogens with one attached hydrogen (secondary N) is 1. The Bertz CT molecular complexity index is 1090. The van der Waals surface area contributed by atoms with Gasteiger partial charge in [0.2, 0.25) is 0 Å². The van der Waals surface area contributed by atoms with Gasteiger partial charge >= 0.3 is 0 Å². The molecule has 0 saturated heterocycles. The van der Waals surface area contributed by atoms with Gasteiger partial charge in [-0.2, -0.15) is 0 Å². The first-order chi connectivity index (χ1) is 14.6. The fourth-order valence-corrected chi connectivity index (χ4v) is 4.37. The molecule has 2 heterocycles. The second-order valence-corrected chi connectivity index (χ2v) is 7.79. The first kappa shape index (κ1) is 20.0. The summed E-state index contributed by atoms with van der Waals surface area (Å²) in [6.07, 6.45) is 0.818. The topological polar surface area (TPSA) is 78.7 Å². The van der Waals surface area contributed by atoms with Crippen molar-refractivity contribution in [2.45, 2.75) is 6.42 Å². The first-order valence-corrected chi connectivity index (χ1v) is 10.5. The number of aromatic nitrogens is 1. The predicted octanol–water partition coefficient (Wildman–Crippen LogP) is 4.63. The number of rotatable bonds is 7. The average Bonchev–Trinajstić information content (AvgIpc) is 3.36. The lowest BCUT2D eigenvalue weighted by Gasteiger charge is -2.18. The van der Waals surface area contributed by atoms with Crippen LogP contribution in [-0.2, 0) is 6.42 Å². The van der Waals surface area contributed by atoms with Crippen LogP contribution >= 0.6 is 11.3 Å². The molecule has 0 aliphatic carbocycles. The van der Waals surface area contributed by atoms with Gasteiger partial charge in [-0.05, 0) is 30.2 Å². The van der Waals surface area contributed by atoms with Crippen LogP contribution in [0.5, 0.6) is 11.5 Å². The number of benzene rings is 2. The number of ether oxygens (including phenoxy) is 2. The van der Waals surface area contributed by atoms with Gasteiger partial charge in [-0.15, -0.1) is 11.3 Å². The average molecular weight is 422 g/mol. The maximum atomic E-state index is 10.5. The van der Waals surface area contributed by atoms with E-state index in [0.29, 0.717) is 41.0 Å². The summed E-state index contributed by atoms with van der Waals surface area (Å²) in [7, 11) is 3.20. The molecule has 0 spiro atoms. The van der Waals surface area contributed by atoms with E-state index in [0.717, 1.165) is 17.7 Å². The van der Waals surface area contributed by atoms with E-state index in [-0.39, 0.29) is 5.76 Å². The highest BCUT2D eigenvalue weighted by Gasteiger charge is 2.30. The minimum atomic E-state index is 0.196. The normalized spacial score (nSPS) is 13.8. The van der Waals surface area contributed by atoms with Crippen LogP contribution in [0.25, 0.3) is 16.8 Å². The molecule has 0 saturated carbocycles. The molecular weight excluding hydrogens is 398 g/mol. The molecule has 1 aromatic heterocycles. The van der Waals surface area contributed by atoms with Crippen molar-refractivity contribution >= 4 is 22.7 Å². The Labute approximate surface area is 179 Å². The third-order valence-corrected chi connectivity index (χ3v) is 5.95. The fourth-order valence-electron chi connectivity index (χ4n) is 3.47. The molecule has 2 aromatic carbocycles. The molecule has 4 rings (SSSR count). The molecule has 0 amide bonds. The van der Waals surface area contributed by atoms with Crippen LogP contribution in [0.3, 0.4) is 0 Å². The number of thiazole rings is 1. The summed E-state index contributed by atoms with van der Waals surface area (Å²) in [6.45, 7) is 1.01. The maximum absolute atomic E-state index is 10.5. The number of amidine groups is 1. The number of methoxy groups -OCH3 is 2. The summed E-state index contributed by atoms with van der Waals surface area (Å²) < 4.78 is 10.7. The molecule has 0 unspecified atom stereocenters. The zero-order valence-corrected chi connectivity index (χ0v) is 17.7. The zero-order chi connectivity index (χ0) is 21.1. The molecular formula is C23H23N3O3S. The SMILES string of the molecule is COc1ccc(-c2csc(C3=C(O)CN(CCc4ccccc4)C3=N)n2)cc1OC. The largest absolute Gasteiger partial charge is 0.510 e. The Morgan fingerprint density at radius 3 is 2.60 bits per heavy atom. The highest BCUT2D eigenvalue weighted by atomic mass is 32.1. The monoisotopic (exact) mass is 421 g/mol. The molecule has 1 aliphatic rings. The summed E-state index contributed by atoms with van der Waals surface area (Å²) >= 11 is 1.42. The highest BCUT2D eigenvalue weighted by molar-refractivity contribution is 7.11. The van der Waals surface area contributed by atoms with E-state index in [1.165, 1.54) is 16.9 Å². The second-order valence-electron chi connectivity index (χ2n) is 6.94. The van der Waals surface area contributed by atoms with E-state index in [2.05, 4.69) is 17.1 Å². The molecule has 6 nitrogen and oxygen atoms in total. The minimum Gasteiger partial charge on any atom is -0.510 e. The molecule has 3 aromatic rings. The van der Waals surface area contributed by atoms with Gasteiger partial charge in [0.25, 0.3) is 0 Å². The number of aliphatic hydroxyl groups excluding tert-OH is 1. The van der Waals surface area contributed by atoms with Gasteiger partial charge in [0, 0.05) is 17.5 Å². The van der Waals surface area contributed by atoms with Crippen LogP contribution in [0.15, 0.2) is 59.7 Å². The van der Waals surface area contributed by atoms with Crippen molar-refractivity contribution < 1.29 is 14.6 Å². The molecule has 30 heavy (non-hydrogen) atoms. The van der Waals surface area contributed by atoms with Crippen molar-refractivity contribution in [2.75, 3.05) is 27.3 Å². The van der Waals surface area contributed by atoms with Gasteiger partial charge in [-0.25, -0.2) is 4.98 Å². The van der Waals surface area contributed by atoms with Crippen molar-refractivity contribution in [3.63, 3.8) is 0 Å². The lowest BCUT2D eigenvalue weighted by molar-refractivity contribution is 0.351. The smallest absolute Gasteiger partial charge is 0.161 e. The van der Waals surface area contributed by atoms with Crippen molar-refractivity contribution in [1.29, 1.82) is 5.41 Å². The number of nitrogens with zero attached hydrogens (tertiary/aromatic N) is 2. The van der Waals surface area contributed by atoms with E-state index in [1.54, 1.807) is 14.2 Å². The first-order valence-electron chi connectivity index (χ1n) is 9.59. The standard InChI is InChI=1S/C23H23N3O3S/c1-28-19-9-8-16(12-20(19)29-2)17-14-30-23(25-17)21-18(27)13-26(22(21)24)11-10-15-6-4-3-5-7-15/h3-9,12,14,24,27H,10-11,13H2,1-2H3. The maximum Gasteiger partial charge on any atom is 0.161 e. The highest BCUT2D eigenvalue weighted by Crippen LogP contribution is 2.35. The van der Waals surface area contributed by atoms with Crippen molar-refractivity contribution in [1.82, 2.24) is 9.88 Å². The third-order valence-electron chi connectivity index (χ3n) is 5.09. The summed E-state index contributed by atoms with van der Waals surface area (Å²) in [5, 5.41) is 21.7. The Kier molecular flexibility index (Phi) is 5.72. The van der Waals surface area contributed by atoms with Crippen LogP contribution < -0.4 is 9.47 Å². The third kappa shape index (κ3) is 3.89. The van der Waals surface area contributed by atoms with Crippen LogP contribution in [0.2, 0.25) is 0 Å². The lowest BCUT2D eigenvalue weighted by Crippen LogP contribution is -2.28. The molecule has 0 radical (unpaired) electrons. The van der Waals surface area contributed by atoms with Gasteiger partial charge in [0.15, 0.2) is 11.5 Å². The summed E-state index contributed by atoms with van der Waals surface area (Å²) in [6, 6.07) is 15.8. The predicted molar refractivity (Wildman–Crippen MR) is 120 cm³/mol. The van der Waals surface area contributed by atoms with Crippen LogP contribution in [0.1, 0.15) is 10.6 Å². The van der Waals surface area contributed by atoms with Gasteiger partial charge < -0.3 is 19.5 Å². The summed E-state index contributed by atoms with van der Waals surface area (Å²) in [4.78, 5) is 6.57. The second kappa shape index (κ2) is 8.59. The Hall–Kier alpha value is -3.32. The van der Waals surface area contributed by atoms with E-state index >= 15 is 0 Å². The van der Waals surface area contributed by atoms with Crippen molar-refractivity contribution in [3.05, 3.63) is 70.2 Å². The van der Waals surface area contributed by atoms with Gasteiger partial charge in [-0.3, -0.25) is 5.41 Å². The quantitative estimate of drug-likeness (QED) is 0.581. The van der Waals surface area contributed by atoms with E-state index in [1.807, 2.05) is 46.7 Å². The summed E-state index contributed by atoms with van der Waals surface area (Å²) in [5.74, 6) is 1.80. The van der Waals surface area contributed by atoms with Crippen molar-refractivity contribution in [2.24, 2.45) is 0 Å². The number of aliphatic hydroxyl groups is 1. The van der Waals surface area contributed by atoms with Crippen molar-refractivity contribution in [3.8, 4) is 22.8 Å². The minimum absolute atomic E-state index is 0.196. The Morgan fingerprint density at radius 1 is 1.10 bits per heavy atom. The van der Waals surface area contributed by atoms with Gasteiger partial charge in [0.05, 0.1) is 32.0 Å². The van der Waals surface area contributed by atoms with Crippen LogP contribution in [0.4, 0.5) is 0 Å². The van der Waals surface area contributed by atoms with Crippen LogP contribution in [-0.4, -0.2) is 48.1 Å². The molecule has 0 atom stereocenters. The number of hydrogen-bond donors (Lipinski definition) is 2. The zero-order valence-electron chi connectivity index (χ0n) is 16.9.